The number of nitrogens with zero attached hydrogens (tertiary/aromatic N) is 4. The summed E-state index contributed by atoms with van der Waals surface area (Å²) < 4.78 is 1.50. The molecule has 0 aliphatic carbocycles. The first-order chi connectivity index (χ1) is 11.0. The lowest BCUT2D eigenvalue weighted by molar-refractivity contribution is 0.562. The number of hydrogen-bond donors (Lipinski definition) is 2. The second-order valence-corrected chi connectivity index (χ2v) is 7.56. The number of benzene rings is 1. The lowest BCUT2D eigenvalue weighted by atomic mass is 10.1. The first kappa shape index (κ1) is 16.1. The molecule has 3 rings (SSSR count). The second-order valence-electron chi connectivity index (χ2n) is 4.94. The van der Waals surface area contributed by atoms with E-state index in [9.17, 15) is 5.26 Å². The van der Waals surface area contributed by atoms with Crippen LogP contribution in [0.3, 0.4) is 0 Å². The number of rotatable bonds is 2. The Kier molecular flexibility index (Phi) is 4.19. The monoisotopic (exact) mass is 364 g/mol. The predicted octanol–water partition coefficient (Wildman–Crippen LogP) is 3.04. The van der Waals surface area contributed by atoms with Crippen LogP contribution in [-0.4, -0.2) is 21.2 Å². The standard InChI is InChI=1S/C14H13ClN6S2/c1-14(8-3-5-9(15)6-4-8)20-18-13(23-14)21-11(17)10(7-16)12(19-21)22-2/h3-6,20H,17H2,1-2H3. The Morgan fingerprint density at radius 2 is 2.13 bits per heavy atom. The number of nitrogens with one attached hydrogen (secondary N) is 1. The molecule has 3 N–H and O–H groups in total. The van der Waals surface area contributed by atoms with Crippen LogP contribution >= 0.6 is 35.1 Å². The van der Waals surface area contributed by atoms with Gasteiger partial charge >= 0.3 is 0 Å². The van der Waals surface area contributed by atoms with Crippen molar-refractivity contribution in [2.24, 2.45) is 5.10 Å². The van der Waals surface area contributed by atoms with Crippen molar-refractivity contribution >= 4 is 46.1 Å². The molecule has 6 nitrogen and oxygen atoms in total. The van der Waals surface area contributed by atoms with E-state index in [4.69, 9.17) is 17.3 Å². The maximum Gasteiger partial charge on any atom is 0.212 e. The lowest BCUT2D eigenvalue weighted by Crippen LogP contribution is -2.28. The number of aromatic nitrogens is 2. The van der Waals surface area contributed by atoms with E-state index >= 15 is 0 Å². The van der Waals surface area contributed by atoms with Gasteiger partial charge in [-0.2, -0.15) is 20.1 Å². The van der Waals surface area contributed by atoms with E-state index in [2.05, 4.69) is 21.7 Å². The third-order valence-electron chi connectivity index (χ3n) is 3.43. The SMILES string of the molecule is CSc1nn(C2=NNC(C)(c3ccc(Cl)cc3)S2)c(N)c1C#N. The molecule has 2 heterocycles. The summed E-state index contributed by atoms with van der Waals surface area (Å²) in [6, 6.07) is 9.66. The Balaban J connectivity index is 1.92. The minimum absolute atomic E-state index is 0.297. The van der Waals surface area contributed by atoms with E-state index in [0.717, 1.165) is 5.56 Å². The van der Waals surface area contributed by atoms with Crippen LogP contribution < -0.4 is 11.2 Å². The highest BCUT2D eigenvalue weighted by Crippen LogP contribution is 2.40. The smallest absolute Gasteiger partial charge is 0.212 e. The number of nitrogen functional groups attached to an aromatic ring is 1. The molecule has 0 fully saturated rings. The number of anilines is 1. The van der Waals surface area contributed by atoms with Crippen molar-refractivity contribution in [1.29, 1.82) is 5.26 Å². The Morgan fingerprint density at radius 1 is 1.43 bits per heavy atom. The van der Waals surface area contributed by atoms with Gasteiger partial charge in [0, 0.05) is 5.02 Å². The molecule has 0 bridgehead atoms. The first-order valence-electron chi connectivity index (χ1n) is 6.61. The summed E-state index contributed by atoms with van der Waals surface area (Å²) in [7, 11) is 0. The molecular weight excluding hydrogens is 352 g/mol. The molecule has 0 radical (unpaired) electrons. The minimum Gasteiger partial charge on any atom is -0.382 e. The lowest BCUT2D eigenvalue weighted by Gasteiger charge is -2.22. The van der Waals surface area contributed by atoms with Crippen LogP contribution in [0, 0.1) is 11.3 Å². The number of nitriles is 1. The molecule has 1 atom stereocenters. The molecule has 1 aliphatic rings. The second kappa shape index (κ2) is 6.00. The predicted molar refractivity (Wildman–Crippen MR) is 95.5 cm³/mol. The molecule has 0 saturated carbocycles. The molecule has 0 saturated heterocycles. The van der Waals surface area contributed by atoms with E-state index in [0.29, 0.717) is 26.6 Å². The van der Waals surface area contributed by atoms with Crippen LogP contribution in [0.5, 0.6) is 0 Å². The Morgan fingerprint density at radius 3 is 2.70 bits per heavy atom. The molecule has 2 aromatic rings. The maximum absolute atomic E-state index is 9.22. The van der Waals surface area contributed by atoms with Crippen molar-refractivity contribution in [3.05, 3.63) is 40.4 Å². The fourth-order valence-electron chi connectivity index (χ4n) is 2.17. The Hall–Kier alpha value is -1.82. The van der Waals surface area contributed by atoms with Crippen molar-refractivity contribution in [2.75, 3.05) is 12.0 Å². The van der Waals surface area contributed by atoms with Crippen LogP contribution in [0.25, 0.3) is 0 Å². The van der Waals surface area contributed by atoms with Gasteiger partial charge in [0.05, 0.1) is 0 Å². The normalized spacial score (nSPS) is 20.0. The van der Waals surface area contributed by atoms with Gasteiger partial charge in [-0.15, -0.1) is 11.8 Å². The summed E-state index contributed by atoms with van der Waals surface area (Å²) in [6.07, 6.45) is 1.85. The summed E-state index contributed by atoms with van der Waals surface area (Å²) in [6.45, 7) is 2.01. The summed E-state index contributed by atoms with van der Waals surface area (Å²) in [4.78, 5) is -0.454. The molecule has 118 valence electrons. The highest BCUT2D eigenvalue weighted by atomic mass is 35.5. The molecule has 23 heavy (non-hydrogen) atoms. The average molecular weight is 365 g/mol. The summed E-state index contributed by atoms with van der Waals surface area (Å²) in [5, 5.41) is 19.8. The number of hydrazone groups is 1. The third kappa shape index (κ3) is 2.76. The van der Waals surface area contributed by atoms with Gasteiger partial charge in [0.2, 0.25) is 5.17 Å². The topological polar surface area (TPSA) is 92.0 Å². The maximum atomic E-state index is 9.22. The average Bonchev–Trinajstić information content (AvgIpc) is 3.09. The van der Waals surface area contributed by atoms with Crippen LogP contribution in [-0.2, 0) is 4.87 Å². The van der Waals surface area contributed by atoms with Gasteiger partial charge in [-0.25, -0.2) is 0 Å². The quantitative estimate of drug-likeness (QED) is 0.796. The largest absolute Gasteiger partial charge is 0.382 e. The van der Waals surface area contributed by atoms with Gasteiger partial charge in [-0.1, -0.05) is 35.5 Å². The molecule has 1 aliphatic heterocycles. The van der Waals surface area contributed by atoms with Gasteiger partial charge in [0.25, 0.3) is 0 Å². The first-order valence-corrected chi connectivity index (χ1v) is 9.03. The van der Waals surface area contributed by atoms with E-state index in [1.807, 2.05) is 37.4 Å². The molecule has 1 aromatic carbocycles. The number of nitrogens with two attached hydrogens (primary N) is 1. The van der Waals surface area contributed by atoms with Gasteiger partial charge < -0.3 is 5.73 Å². The molecule has 0 spiro atoms. The van der Waals surface area contributed by atoms with Crippen LogP contribution in [0.4, 0.5) is 5.82 Å². The van der Waals surface area contributed by atoms with Gasteiger partial charge in [-0.3, -0.25) is 5.43 Å². The molecule has 1 unspecified atom stereocenters. The number of thioether (sulfide) groups is 2. The van der Waals surface area contributed by atoms with Crippen LogP contribution in [0.1, 0.15) is 18.1 Å². The summed E-state index contributed by atoms with van der Waals surface area (Å²) in [5.74, 6) is 0.297. The van der Waals surface area contributed by atoms with Crippen LogP contribution in [0.15, 0.2) is 34.4 Å². The van der Waals surface area contributed by atoms with Crippen molar-refractivity contribution in [3.8, 4) is 6.07 Å². The van der Waals surface area contributed by atoms with Gasteiger partial charge in [0.1, 0.15) is 27.3 Å². The highest BCUT2D eigenvalue weighted by molar-refractivity contribution is 8.14. The zero-order valence-corrected chi connectivity index (χ0v) is 14.8. The number of halogens is 1. The van der Waals surface area contributed by atoms with E-state index < -0.39 is 4.87 Å². The van der Waals surface area contributed by atoms with Crippen molar-refractivity contribution in [1.82, 2.24) is 15.2 Å². The molecule has 9 heteroatoms. The Labute approximate surface area is 147 Å². The minimum atomic E-state index is -0.454. The summed E-state index contributed by atoms with van der Waals surface area (Å²) >= 11 is 8.80. The number of hydrogen-bond acceptors (Lipinski definition) is 7. The zero-order chi connectivity index (χ0) is 16.6. The van der Waals surface area contributed by atoms with E-state index in [-0.39, 0.29) is 0 Å². The third-order valence-corrected chi connectivity index (χ3v) is 5.54. The van der Waals surface area contributed by atoms with Crippen molar-refractivity contribution in [2.45, 2.75) is 16.8 Å². The van der Waals surface area contributed by atoms with Crippen molar-refractivity contribution in [3.63, 3.8) is 0 Å². The highest BCUT2D eigenvalue weighted by Gasteiger charge is 2.36. The fourth-order valence-corrected chi connectivity index (χ4v) is 3.84. The van der Waals surface area contributed by atoms with E-state index in [1.165, 1.54) is 28.2 Å². The molecular formula is C14H13ClN6S2. The molecule has 0 amide bonds. The molecule has 1 aromatic heterocycles. The van der Waals surface area contributed by atoms with Crippen molar-refractivity contribution < 1.29 is 0 Å². The summed E-state index contributed by atoms with van der Waals surface area (Å²) in [5.41, 5.74) is 10.6. The van der Waals surface area contributed by atoms with E-state index in [1.54, 1.807) is 0 Å². The van der Waals surface area contributed by atoms with Crippen LogP contribution in [0.2, 0.25) is 5.02 Å². The fraction of sp³-hybridized carbons (Fsp3) is 0.214. The van der Waals surface area contributed by atoms with Gasteiger partial charge in [0.15, 0.2) is 0 Å². The van der Waals surface area contributed by atoms with Gasteiger partial charge in [-0.05, 0) is 30.9 Å². The Bertz CT molecular complexity index is 823. The zero-order valence-electron chi connectivity index (χ0n) is 12.4.